The summed E-state index contributed by atoms with van der Waals surface area (Å²) in [6, 6.07) is 5.17. The van der Waals surface area contributed by atoms with Crippen LogP contribution in [-0.4, -0.2) is 30.5 Å². The highest BCUT2D eigenvalue weighted by Crippen LogP contribution is 2.16. The molecule has 1 amide bonds. The number of hydrogen-bond donors (Lipinski definition) is 3. The minimum absolute atomic E-state index is 0.204. The zero-order valence-corrected chi connectivity index (χ0v) is 10.7. The summed E-state index contributed by atoms with van der Waals surface area (Å²) in [5, 5.41) is 6.31. The number of nitrogens with one attached hydrogen (secondary N) is 3. The van der Waals surface area contributed by atoms with Crippen molar-refractivity contribution in [2.24, 2.45) is 5.92 Å². The molecule has 104 valence electrons. The summed E-state index contributed by atoms with van der Waals surface area (Å²) < 4.78 is 13.3. The molecule has 1 aromatic heterocycles. The quantitative estimate of drug-likeness (QED) is 0.768. The fraction of sp³-hybridized carbons (Fsp3) is 0.286. The normalized spacial score (nSPS) is 15.1. The standard InChI is InChI=1S/C14H14FN3O2/c15-9-1-2-12-10(3-9)11(4-13(19)18-12)14(20)17-7-8-5-16-6-8/h1-4,8,16H,5-7H2,(H,17,20)(H,18,19). The van der Waals surface area contributed by atoms with E-state index < -0.39 is 5.82 Å². The van der Waals surface area contributed by atoms with Crippen LogP contribution >= 0.6 is 0 Å². The van der Waals surface area contributed by atoms with Crippen molar-refractivity contribution < 1.29 is 9.18 Å². The van der Waals surface area contributed by atoms with E-state index in [2.05, 4.69) is 15.6 Å². The Hall–Kier alpha value is -2.21. The smallest absolute Gasteiger partial charge is 0.252 e. The second kappa shape index (κ2) is 5.05. The molecule has 2 heterocycles. The van der Waals surface area contributed by atoms with Crippen LogP contribution in [0.15, 0.2) is 29.1 Å². The summed E-state index contributed by atoms with van der Waals surface area (Å²) in [5.41, 5.74) is 0.282. The van der Waals surface area contributed by atoms with Gasteiger partial charge in [-0.1, -0.05) is 0 Å². The van der Waals surface area contributed by atoms with Crippen LogP contribution in [0.4, 0.5) is 4.39 Å². The van der Waals surface area contributed by atoms with Crippen molar-refractivity contribution in [2.75, 3.05) is 19.6 Å². The van der Waals surface area contributed by atoms with Crippen LogP contribution in [0.25, 0.3) is 10.9 Å². The van der Waals surface area contributed by atoms with Crippen LogP contribution in [0.5, 0.6) is 0 Å². The van der Waals surface area contributed by atoms with E-state index in [1.165, 1.54) is 24.3 Å². The van der Waals surface area contributed by atoms with E-state index in [4.69, 9.17) is 0 Å². The number of halogens is 1. The van der Waals surface area contributed by atoms with Gasteiger partial charge >= 0.3 is 0 Å². The molecule has 5 nitrogen and oxygen atoms in total. The Kier molecular flexibility index (Phi) is 3.23. The lowest BCUT2D eigenvalue weighted by Gasteiger charge is -2.27. The van der Waals surface area contributed by atoms with Crippen molar-refractivity contribution in [1.82, 2.24) is 15.6 Å². The van der Waals surface area contributed by atoms with Gasteiger partial charge in [0.2, 0.25) is 5.56 Å². The number of hydrogen-bond acceptors (Lipinski definition) is 3. The van der Waals surface area contributed by atoms with Crippen LogP contribution in [0, 0.1) is 11.7 Å². The molecule has 3 rings (SSSR count). The lowest BCUT2D eigenvalue weighted by atomic mass is 10.0. The van der Waals surface area contributed by atoms with Crippen LogP contribution in [0.2, 0.25) is 0 Å². The molecule has 0 unspecified atom stereocenters. The molecule has 0 spiro atoms. The van der Waals surface area contributed by atoms with E-state index in [-0.39, 0.29) is 17.0 Å². The Morgan fingerprint density at radius 2 is 2.15 bits per heavy atom. The predicted molar refractivity (Wildman–Crippen MR) is 73.2 cm³/mol. The Morgan fingerprint density at radius 1 is 1.35 bits per heavy atom. The molecule has 0 aliphatic carbocycles. The Morgan fingerprint density at radius 3 is 2.85 bits per heavy atom. The third kappa shape index (κ3) is 2.42. The van der Waals surface area contributed by atoms with Crippen LogP contribution in [0.3, 0.4) is 0 Å². The summed E-state index contributed by atoms with van der Waals surface area (Å²) in [6.45, 7) is 2.31. The maximum absolute atomic E-state index is 13.3. The topological polar surface area (TPSA) is 74.0 Å². The van der Waals surface area contributed by atoms with Gasteiger partial charge in [-0.2, -0.15) is 0 Å². The van der Waals surface area contributed by atoms with Crippen molar-refractivity contribution in [2.45, 2.75) is 0 Å². The first kappa shape index (κ1) is 12.8. The molecule has 0 atom stereocenters. The summed E-state index contributed by atoms with van der Waals surface area (Å²) in [4.78, 5) is 26.3. The van der Waals surface area contributed by atoms with Gasteiger partial charge in [-0.05, 0) is 18.2 Å². The Labute approximate surface area is 114 Å². The second-order valence-electron chi connectivity index (χ2n) is 4.97. The van der Waals surface area contributed by atoms with Gasteiger partial charge < -0.3 is 15.6 Å². The van der Waals surface area contributed by atoms with Crippen molar-refractivity contribution in [1.29, 1.82) is 0 Å². The largest absolute Gasteiger partial charge is 0.352 e. The zero-order chi connectivity index (χ0) is 14.1. The Balaban J connectivity index is 1.94. The molecule has 20 heavy (non-hydrogen) atoms. The van der Waals surface area contributed by atoms with Crippen LogP contribution < -0.4 is 16.2 Å². The molecular weight excluding hydrogens is 261 g/mol. The molecular formula is C14H14FN3O2. The fourth-order valence-electron chi connectivity index (χ4n) is 2.24. The van der Waals surface area contributed by atoms with E-state index in [9.17, 15) is 14.0 Å². The van der Waals surface area contributed by atoms with Gasteiger partial charge in [0.25, 0.3) is 5.91 Å². The predicted octanol–water partition coefficient (Wildman–Crippen LogP) is 0.616. The summed E-state index contributed by atoms with van der Waals surface area (Å²) in [5.74, 6) is -0.371. The molecule has 6 heteroatoms. The van der Waals surface area contributed by atoms with Gasteiger partial charge in [0, 0.05) is 42.5 Å². The number of amides is 1. The summed E-state index contributed by atoms with van der Waals surface area (Å²) >= 11 is 0. The summed E-state index contributed by atoms with van der Waals surface area (Å²) in [6.07, 6.45) is 0. The zero-order valence-electron chi connectivity index (χ0n) is 10.7. The molecule has 0 bridgehead atoms. The molecule has 0 radical (unpaired) electrons. The van der Waals surface area contributed by atoms with E-state index in [0.29, 0.717) is 23.4 Å². The SMILES string of the molecule is O=C(NCC1CNC1)c1cc(=O)[nH]c2ccc(F)cc12. The molecule has 0 saturated carbocycles. The highest BCUT2D eigenvalue weighted by molar-refractivity contribution is 6.05. The minimum atomic E-state index is -0.443. The van der Waals surface area contributed by atoms with E-state index in [1.54, 1.807) is 0 Å². The van der Waals surface area contributed by atoms with E-state index in [0.717, 1.165) is 13.1 Å². The van der Waals surface area contributed by atoms with Gasteiger partial charge in [-0.25, -0.2) is 4.39 Å². The lowest BCUT2D eigenvalue weighted by Crippen LogP contribution is -2.48. The van der Waals surface area contributed by atoms with Crippen molar-refractivity contribution >= 4 is 16.8 Å². The number of rotatable bonds is 3. The molecule has 1 aromatic carbocycles. The maximum atomic E-state index is 13.3. The number of aromatic nitrogens is 1. The number of benzene rings is 1. The Bertz CT molecular complexity index is 722. The second-order valence-corrected chi connectivity index (χ2v) is 4.97. The number of H-pyrrole nitrogens is 1. The van der Waals surface area contributed by atoms with Gasteiger partial charge in [0.15, 0.2) is 0 Å². The number of aromatic amines is 1. The number of pyridine rings is 1. The average Bonchev–Trinajstić information content (AvgIpc) is 2.36. The van der Waals surface area contributed by atoms with Gasteiger partial charge in [-0.15, -0.1) is 0 Å². The average molecular weight is 275 g/mol. The van der Waals surface area contributed by atoms with Crippen molar-refractivity contribution in [3.63, 3.8) is 0 Å². The van der Waals surface area contributed by atoms with E-state index >= 15 is 0 Å². The molecule has 1 saturated heterocycles. The highest BCUT2D eigenvalue weighted by atomic mass is 19.1. The maximum Gasteiger partial charge on any atom is 0.252 e. The van der Waals surface area contributed by atoms with Crippen molar-refractivity contribution in [3.8, 4) is 0 Å². The van der Waals surface area contributed by atoms with E-state index in [1.807, 2.05) is 0 Å². The minimum Gasteiger partial charge on any atom is -0.352 e. The first-order chi connectivity index (χ1) is 9.63. The molecule has 2 aromatic rings. The number of fused-ring (bicyclic) bond motifs is 1. The third-order valence-corrected chi connectivity index (χ3v) is 3.47. The molecule has 1 aliphatic heterocycles. The van der Waals surface area contributed by atoms with Crippen molar-refractivity contribution in [3.05, 3.63) is 46.0 Å². The first-order valence-electron chi connectivity index (χ1n) is 6.45. The number of carbonyl (C=O) groups excluding carboxylic acids is 1. The van der Waals surface area contributed by atoms with Crippen LogP contribution in [-0.2, 0) is 0 Å². The third-order valence-electron chi connectivity index (χ3n) is 3.47. The highest BCUT2D eigenvalue weighted by Gasteiger charge is 2.19. The fourth-order valence-corrected chi connectivity index (χ4v) is 2.24. The summed E-state index contributed by atoms with van der Waals surface area (Å²) in [7, 11) is 0. The lowest BCUT2D eigenvalue weighted by molar-refractivity contribution is 0.0943. The van der Waals surface area contributed by atoms with Gasteiger partial charge in [-0.3, -0.25) is 9.59 Å². The number of carbonyl (C=O) groups is 1. The first-order valence-corrected chi connectivity index (χ1v) is 6.45. The molecule has 3 N–H and O–H groups in total. The van der Waals surface area contributed by atoms with Gasteiger partial charge in [0.05, 0.1) is 5.56 Å². The molecule has 1 fully saturated rings. The molecule has 1 aliphatic rings. The van der Waals surface area contributed by atoms with Gasteiger partial charge in [0.1, 0.15) is 5.82 Å². The van der Waals surface area contributed by atoms with Crippen LogP contribution in [0.1, 0.15) is 10.4 Å². The monoisotopic (exact) mass is 275 g/mol.